The summed E-state index contributed by atoms with van der Waals surface area (Å²) in [5, 5.41) is 15.5. The van der Waals surface area contributed by atoms with E-state index in [-0.39, 0.29) is 23.9 Å². The van der Waals surface area contributed by atoms with Crippen LogP contribution in [-0.2, 0) is 4.79 Å². The van der Waals surface area contributed by atoms with Crippen molar-refractivity contribution in [2.45, 2.75) is 32.5 Å². The molecule has 1 aromatic heterocycles. The summed E-state index contributed by atoms with van der Waals surface area (Å²) in [7, 11) is 0. The van der Waals surface area contributed by atoms with Crippen LogP contribution < -0.4 is 10.6 Å². The average molecular weight is 269 g/mol. The van der Waals surface area contributed by atoms with Crippen LogP contribution >= 0.6 is 11.3 Å². The van der Waals surface area contributed by atoms with Crippen LogP contribution in [0.1, 0.15) is 41.6 Å². The van der Waals surface area contributed by atoms with Crippen molar-refractivity contribution < 1.29 is 14.7 Å². The molecular weight excluding hydrogens is 254 g/mol. The van der Waals surface area contributed by atoms with Crippen molar-refractivity contribution in [2.24, 2.45) is 0 Å². The number of fused-ring (bicyclic) bond motifs is 1. The second-order valence-corrected chi connectivity index (χ2v) is 5.16. The highest BCUT2D eigenvalue weighted by Crippen LogP contribution is 2.39. The van der Waals surface area contributed by atoms with Crippen LogP contribution in [0.5, 0.6) is 0 Å². The number of hydrogen-bond acceptors (Lipinski definition) is 7. The zero-order valence-electron chi connectivity index (χ0n) is 10.2. The van der Waals surface area contributed by atoms with Crippen LogP contribution in [0.4, 0.5) is 5.13 Å². The summed E-state index contributed by atoms with van der Waals surface area (Å²) in [4.78, 5) is 28.0. The van der Waals surface area contributed by atoms with Gasteiger partial charge in [0.15, 0.2) is 17.3 Å². The Hall–Kier alpha value is -1.31. The van der Waals surface area contributed by atoms with Crippen molar-refractivity contribution in [2.75, 3.05) is 11.9 Å². The third-order valence-corrected chi connectivity index (χ3v) is 3.87. The van der Waals surface area contributed by atoms with Crippen molar-refractivity contribution in [3.8, 4) is 0 Å². The van der Waals surface area contributed by atoms with Crippen molar-refractivity contribution in [1.29, 1.82) is 0 Å². The van der Waals surface area contributed by atoms with E-state index in [0.29, 0.717) is 22.2 Å². The molecule has 2 unspecified atom stereocenters. The van der Waals surface area contributed by atoms with Crippen molar-refractivity contribution in [1.82, 2.24) is 10.3 Å². The van der Waals surface area contributed by atoms with E-state index in [0.717, 1.165) is 0 Å². The number of ketones is 2. The van der Waals surface area contributed by atoms with E-state index in [4.69, 9.17) is 0 Å². The first-order valence-electron chi connectivity index (χ1n) is 5.75. The van der Waals surface area contributed by atoms with Gasteiger partial charge in [-0.3, -0.25) is 14.9 Å². The molecule has 2 atom stereocenters. The fourth-order valence-corrected chi connectivity index (χ4v) is 3.06. The lowest BCUT2D eigenvalue weighted by atomic mass is 10.1. The summed E-state index contributed by atoms with van der Waals surface area (Å²) in [6, 6.07) is 0. The van der Waals surface area contributed by atoms with Crippen LogP contribution in [0.15, 0.2) is 0 Å². The number of thiazole rings is 1. The molecule has 1 aliphatic carbocycles. The zero-order valence-corrected chi connectivity index (χ0v) is 11.0. The standard InChI is InChI=1S/C11H15N3O3S/c1-3-12-10(17)14-11-13-8-7(16)4-6(5(2)15)9(8)18-11/h6,10,12,17H,3-4H2,1-2H3,(H,13,14). The number of nitrogens with zero attached hydrogens (tertiary/aromatic N) is 1. The molecule has 6 nitrogen and oxygen atoms in total. The molecular formula is C11H15N3O3S. The molecule has 0 aromatic carbocycles. The number of nitrogens with one attached hydrogen (secondary N) is 2. The first kappa shape index (κ1) is 13.1. The first-order chi connectivity index (χ1) is 8.52. The first-order valence-corrected chi connectivity index (χ1v) is 6.57. The Bertz CT molecular complexity index is 486. The lowest BCUT2D eigenvalue weighted by Gasteiger charge is -2.11. The Kier molecular flexibility index (Phi) is 3.74. The number of carbonyl (C=O) groups is 2. The van der Waals surface area contributed by atoms with Crippen LogP contribution in [0.3, 0.4) is 0 Å². The minimum absolute atomic E-state index is 0.0236. The molecule has 0 saturated heterocycles. The summed E-state index contributed by atoms with van der Waals surface area (Å²) in [5.74, 6) is -0.492. The Labute approximate surface area is 108 Å². The number of anilines is 1. The smallest absolute Gasteiger partial charge is 0.186 e. The zero-order chi connectivity index (χ0) is 13.3. The molecule has 0 radical (unpaired) electrons. The Morgan fingerprint density at radius 1 is 1.67 bits per heavy atom. The molecule has 0 amide bonds. The Balaban J connectivity index is 2.18. The van der Waals surface area contributed by atoms with Gasteiger partial charge in [-0.25, -0.2) is 4.98 Å². The van der Waals surface area contributed by atoms with Gasteiger partial charge in [0.2, 0.25) is 0 Å². The van der Waals surface area contributed by atoms with Gasteiger partial charge in [0.1, 0.15) is 11.5 Å². The van der Waals surface area contributed by atoms with Gasteiger partial charge < -0.3 is 10.4 Å². The van der Waals surface area contributed by atoms with Gasteiger partial charge in [-0.05, 0) is 13.5 Å². The lowest BCUT2D eigenvalue weighted by Crippen LogP contribution is -2.35. The van der Waals surface area contributed by atoms with Gasteiger partial charge in [-0.15, -0.1) is 11.3 Å². The number of aliphatic hydroxyl groups is 1. The fourth-order valence-electron chi connectivity index (χ4n) is 1.89. The highest BCUT2D eigenvalue weighted by Gasteiger charge is 2.36. The minimum Gasteiger partial charge on any atom is -0.361 e. The van der Waals surface area contributed by atoms with Crippen LogP contribution in [0.25, 0.3) is 0 Å². The molecule has 0 spiro atoms. The number of aromatic nitrogens is 1. The van der Waals surface area contributed by atoms with Crippen molar-refractivity contribution in [3.63, 3.8) is 0 Å². The lowest BCUT2D eigenvalue weighted by molar-refractivity contribution is -0.118. The molecule has 1 heterocycles. The summed E-state index contributed by atoms with van der Waals surface area (Å²) < 4.78 is 0. The van der Waals surface area contributed by atoms with Gasteiger partial charge >= 0.3 is 0 Å². The van der Waals surface area contributed by atoms with Gasteiger partial charge in [0, 0.05) is 11.3 Å². The third kappa shape index (κ3) is 2.43. The van der Waals surface area contributed by atoms with Crippen LogP contribution in [-0.4, -0.2) is 34.6 Å². The number of rotatable bonds is 5. The van der Waals surface area contributed by atoms with Gasteiger partial charge in [-0.2, -0.15) is 0 Å². The highest BCUT2D eigenvalue weighted by molar-refractivity contribution is 7.16. The van der Waals surface area contributed by atoms with E-state index >= 15 is 0 Å². The van der Waals surface area contributed by atoms with E-state index < -0.39 is 6.35 Å². The van der Waals surface area contributed by atoms with E-state index in [1.54, 1.807) is 0 Å². The average Bonchev–Trinajstić information content (AvgIpc) is 2.79. The second-order valence-electron chi connectivity index (χ2n) is 4.13. The predicted octanol–water partition coefficient (Wildman–Crippen LogP) is 0.699. The topological polar surface area (TPSA) is 91.3 Å². The van der Waals surface area contributed by atoms with Crippen LogP contribution in [0.2, 0.25) is 0 Å². The normalized spacial score (nSPS) is 19.7. The molecule has 1 aliphatic rings. The molecule has 3 N–H and O–H groups in total. The van der Waals surface area contributed by atoms with E-state index in [9.17, 15) is 14.7 Å². The quantitative estimate of drug-likeness (QED) is 0.682. The van der Waals surface area contributed by atoms with Crippen molar-refractivity contribution >= 4 is 28.0 Å². The Morgan fingerprint density at radius 2 is 2.39 bits per heavy atom. The van der Waals surface area contributed by atoms with Gasteiger partial charge in [-0.1, -0.05) is 6.92 Å². The highest BCUT2D eigenvalue weighted by atomic mass is 32.1. The predicted molar refractivity (Wildman–Crippen MR) is 67.8 cm³/mol. The van der Waals surface area contributed by atoms with Gasteiger partial charge in [0.25, 0.3) is 0 Å². The second kappa shape index (κ2) is 5.13. The monoisotopic (exact) mass is 269 g/mol. The molecule has 7 heteroatoms. The SMILES string of the molecule is CCNC(O)Nc1nc2c(s1)C(C(C)=O)CC2=O. The molecule has 2 rings (SSSR count). The molecule has 98 valence electrons. The molecule has 0 fully saturated rings. The van der Waals surface area contributed by atoms with Gasteiger partial charge in [0.05, 0.1) is 5.92 Å². The maximum Gasteiger partial charge on any atom is 0.186 e. The van der Waals surface area contributed by atoms with Crippen LogP contribution in [0, 0.1) is 0 Å². The minimum atomic E-state index is -0.910. The largest absolute Gasteiger partial charge is 0.361 e. The fraction of sp³-hybridized carbons (Fsp3) is 0.545. The molecule has 0 saturated carbocycles. The van der Waals surface area contributed by atoms with E-state index in [1.165, 1.54) is 18.3 Å². The summed E-state index contributed by atoms with van der Waals surface area (Å²) >= 11 is 1.25. The van der Waals surface area contributed by atoms with E-state index in [1.807, 2.05) is 6.92 Å². The molecule has 1 aromatic rings. The molecule has 18 heavy (non-hydrogen) atoms. The summed E-state index contributed by atoms with van der Waals surface area (Å²) in [6.45, 7) is 3.95. The van der Waals surface area contributed by atoms with E-state index in [2.05, 4.69) is 15.6 Å². The molecule has 0 aliphatic heterocycles. The maximum absolute atomic E-state index is 11.7. The summed E-state index contributed by atoms with van der Waals surface area (Å²) in [6.07, 6.45) is -0.688. The third-order valence-electron chi connectivity index (χ3n) is 2.77. The number of carbonyl (C=O) groups excluding carboxylic acids is 2. The number of Topliss-reactive ketones (excluding diaryl/α,β-unsaturated/α-hetero) is 2. The summed E-state index contributed by atoms with van der Waals surface area (Å²) in [5.41, 5.74) is 0.367. The van der Waals surface area contributed by atoms with Crippen molar-refractivity contribution in [3.05, 3.63) is 10.6 Å². The maximum atomic E-state index is 11.7. The number of hydrogen-bond donors (Lipinski definition) is 3. The Morgan fingerprint density at radius 3 is 3.00 bits per heavy atom. The number of aliphatic hydroxyl groups excluding tert-OH is 1. The molecule has 0 bridgehead atoms.